The Kier molecular flexibility index (Phi) is 4.66. The van der Waals surface area contributed by atoms with Crippen LogP contribution in [0.25, 0.3) is 0 Å². The highest BCUT2D eigenvalue weighted by atomic mass is 15.3. The molecule has 0 spiro atoms. The Bertz CT molecular complexity index is 344. The average Bonchev–Trinajstić information content (AvgIpc) is 2.87. The molecule has 2 aliphatic rings. The van der Waals surface area contributed by atoms with E-state index in [-0.39, 0.29) is 0 Å². The normalized spacial score (nSPS) is 33.5. The van der Waals surface area contributed by atoms with Gasteiger partial charge in [0.1, 0.15) is 0 Å². The first-order valence-corrected chi connectivity index (χ1v) is 8.38. The number of allylic oxidation sites excluding steroid dienone is 1. The zero-order valence-electron chi connectivity index (χ0n) is 14.3. The molecule has 1 saturated heterocycles. The van der Waals surface area contributed by atoms with Crippen molar-refractivity contribution in [3.63, 3.8) is 0 Å². The van der Waals surface area contributed by atoms with Gasteiger partial charge in [0, 0.05) is 29.6 Å². The molecule has 20 heavy (non-hydrogen) atoms. The van der Waals surface area contributed by atoms with Crippen molar-refractivity contribution in [3.8, 4) is 0 Å². The summed E-state index contributed by atoms with van der Waals surface area (Å²) in [6.07, 6.45) is 8.61. The molecule has 1 saturated carbocycles. The summed E-state index contributed by atoms with van der Waals surface area (Å²) in [5.74, 6) is 0. The number of nitrogens with zero attached hydrogens (tertiary/aromatic N) is 2. The topological polar surface area (TPSA) is 6.48 Å². The Morgan fingerprint density at radius 3 is 2.55 bits per heavy atom. The number of hydrogen-bond acceptors (Lipinski definition) is 2. The van der Waals surface area contributed by atoms with Gasteiger partial charge < -0.3 is 4.90 Å². The maximum atomic E-state index is 3.80. The summed E-state index contributed by atoms with van der Waals surface area (Å²) in [5, 5.41) is 0. The van der Waals surface area contributed by atoms with E-state index in [1.54, 1.807) is 0 Å². The fourth-order valence-corrected chi connectivity index (χ4v) is 4.58. The highest BCUT2D eigenvalue weighted by molar-refractivity contribution is 5.19. The van der Waals surface area contributed by atoms with Crippen molar-refractivity contribution in [2.45, 2.75) is 77.4 Å². The van der Waals surface area contributed by atoms with Crippen molar-refractivity contribution in [2.75, 3.05) is 20.1 Å². The summed E-state index contributed by atoms with van der Waals surface area (Å²) in [6, 6.07) is 1.59. The van der Waals surface area contributed by atoms with E-state index in [1.165, 1.54) is 38.8 Å². The lowest BCUT2D eigenvalue weighted by Gasteiger charge is -2.37. The predicted octanol–water partition coefficient (Wildman–Crippen LogP) is 3.93. The van der Waals surface area contributed by atoms with Crippen molar-refractivity contribution >= 4 is 0 Å². The van der Waals surface area contributed by atoms with E-state index < -0.39 is 0 Å². The molecule has 0 amide bonds. The van der Waals surface area contributed by atoms with Crippen molar-refractivity contribution in [1.82, 2.24) is 9.80 Å². The van der Waals surface area contributed by atoms with Crippen LogP contribution in [0.1, 0.15) is 59.8 Å². The van der Waals surface area contributed by atoms with Gasteiger partial charge in [-0.15, -0.1) is 6.58 Å². The Hall–Kier alpha value is -0.340. The van der Waals surface area contributed by atoms with Crippen LogP contribution in [-0.4, -0.2) is 47.6 Å². The quantitative estimate of drug-likeness (QED) is 0.514. The molecule has 0 aromatic heterocycles. The second-order valence-electron chi connectivity index (χ2n) is 8.24. The summed E-state index contributed by atoms with van der Waals surface area (Å²) < 4.78 is 0. The molecule has 1 heterocycles. The molecule has 1 aliphatic carbocycles. The predicted molar refractivity (Wildman–Crippen MR) is 88.1 cm³/mol. The second-order valence-corrected chi connectivity index (χ2v) is 8.24. The number of rotatable bonds is 7. The number of unbranched alkanes of at least 4 members (excludes halogenated alkanes) is 2. The van der Waals surface area contributed by atoms with Gasteiger partial charge in [-0.25, -0.2) is 0 Å². The van der Waals surface area contributed by atoms with Gasteiger partial charge in [-0.05, 0) is 73.4 Å². The lowest BCUT2D eigenvalue weighted by atomic mass is 9.99. The van der Waals surface area contributed by atoms with Crippen LogP contribution in [0.3, 0.4) is 0 Å². The van der Waals surface area contributed by atoms with Gasteiger partial charge in [0.2, 0.25) is 0 Å². The zero-order chi connectivity index (χ0) is 15.0. The third-order valence-corrected chi connectivity index (χ3v) is 5.22. The van der Waals surface area contributed by atoms with Gasteiger partial charge in [-0.3, -0.25) is 4.90 Å². The monoisotopic (exact) mass is 278 g/mol. The first kappa shape index (κ1) is 16.0. The van der Waals surface area contributed by atoms with E-state index in [2.05, 4.69) is 51.1 Å². The molecule has 1 aliphatic heterocycles. The Morgan fingerprint density at radius 1 is 1.30 bits per heavy atom. The van der Waals surface area contributed by atoms with Crippen LogP contribution in [0.5, 0.6) is 0 Å². The molecule has 0 radical (unpaired) electrons. The van der Waals surface area contributed by atoms with Crippen LogP contribution in [-0.2, 0) is 0 Å². The summed E-state index contributed by atoms with van der Waals surface area (Å²) in [4.78, 5) is 5.35. The Morgan fingerprint density at radius 2 is 2.00 bits per heavy atom. The largest absolute Gasteiger partial charge is 0.306 e. The lowest BCUT2D eigenvalue weighted by molar-refractivity contribution is 0.104. The molecule has 2 rings (SSSR count). The van der Waals surface area contributed by atoms with Gasteiger partial charge in [-0.1, -0.05) is 6.08 Å². The van der Waals surface area contributed by atoms with Crippen molar-refractivity contribution in [1.29, 1.82) is 0 Å². The third kappa shape index (κ3) is 3.28. The maximum absolute atomic E-state index is 3.80. The smallest absolute Gasteiger partial charge is 0.0179 e. The second kappa shape index (κ2) is 5.81. The number of fused-ring (bicyclic) bond motifs is 1. The van der Waals surface area contributed by atoms with Crippen molar-refractivity contribution in [3.05, 3.63) is 12.7 Å². The number of piperidine rings is 1. The molecular formula is C18H34N2. The lowest BCUT2D eigenvalue weighted by Crippen LogP contribution is -2.45. The summed E-state index contributed by atoms with van der Waals surface area (Å²) in [7, 11) is 2.31. The molecule has 0 N–H and O–H groups in total. The van der Waals surface area contributed by atoms with Crippen LogP contribution in [0.2, 0.25) is 0 Å². The fraction of sp³-hybridized carbons (Fsp3) is 0.889. The van der Waals surface area contributed by atoms with Gasteiger partial charge in [0.05, 0.1) is 0 Å². The maximum Gasteiger partial charge on any atom is 0.0179 e. The molecule has 3 atom stereocenters. The SMILES string of the molecule is C=CCCCCN(C)C[C@@]12C[C@@H](C)N(C(C)(C)C)[C@@H]1C2. The van der Waals surface area contributed by atoms with Crippen LogP contribution in [0.4, 0.5) is 0 Å². The molecule has 116 valence electrons. The standard InChI is InChI=1S/C18H34N2/c1-7-8-9-10-11-19(6)14-18-12-15(2)20(16(18)13-18)17(3,4)5/h7,15-16H,1,8-14H2,2-6H3/t15-,16-,18+/m1/s1. The Labute approximate surface area is 126 Å². The van der Waals surface area contributed by atoms with Crippen LogP contribution in [0.15, 0.2) is 12.7 Å². The van der Waals surface area contributed by atoms with Crippen molar-refractivity contribution < 1.29 is 0 Å². The van der Waals surface area contributed by atoms with E-state index in [0.29, 0.717) is 11.0 Å². The van der Waals surface area contributed by atoms with Crippen molar-refractivity contribution in [2.24, 2.45) is 5.41 Å². The first-order valence-electron chi connectivity index (χ1n) is 8.38. The molecule has 0 aromatic rings. The molecule has 2 nitrogen and oxygen atoms in total. The van der Waals surface area contributed by atoms with E-state index in [1.807, 2.05) is 6.08 Å². The van der Waals surface area contributed by atoms with Gasteiger partial charge in [0.25, 0.3) is 0 Å². The van der Waals surface area contributed by atoms with E-state index in [9.17, 15) is 0 Å². The summed E-state index contributed by atoms with van der Waals surface area (Å²) >= 11 is 0. The van der Waals surface area contributed by atoms with Crippen LogP contribution in [0, 0.1) is 5.41 Å². The Balaban J connectivity index is 1.82. The molecule has 0 bridgehead atoms. The highest BCUT2D eigenvalue weighted by Crippen LogP contribution is 2.61. The van der Waals surface area contributed by atoms with Gasteiger partial charge in [0.15, 0.2) is 0 Å². The summed E-state index contributed by atoms with van der Waals surface area (Å²) in [5.41, 5.74) is 0.935. The minimum absolute atomic E-state index is 0.324. The number of likely N-dealkylation sites (tertiary alicyclic amines) is 1. The third-order valence-electron chi connectivity index (χ3n) is 5.22. The molecule has 0 aromatic carbocycles. The molecule has 0 unspecified atom stereocenters. The van der Waals surface area contributed by atoms with Crippen LogP contribution < -0.4 is 0 Å². The minimum Gasteiger partial charge on any atom is -0.306 e. The molecule has 2 fully saturated rings. The molecule has 2 heteroatoms. The van der Waals surface area contributed by atoms with Crippen LogP contribution >= 0.6 is 0 Å². The summed E-state index contributed by atoms with van der Waals surface area (Å²) in [6.45, 7) is 15.9. The first-order chi connectivity index (χ1) is 9.30. The van der Waals surface area contributed by atoms with E-state index >= 15 is 0 Å². The highest BCUT2D eigenvalue weighted by Gasteiger charge is 2.65. The number of hydrogen-bond donors (Lipinski definition) is 0. The fourth-order valence-electron chi connectivity index (χ4n) is 4.58. The minimum atomic E-state index is 0.324. The van der Waals surface area contributed by atoms with E-state index in [4.69, 9.17) is 0 Å². The average molecular weight is 278 g/mol. The van der Waals surface area contributed by atoms with Gasteiger partial charge >= 0.3 is 0 Å². The van der Waals surface area contributed by atoms with E-state index in [0.717, 1.165) is 18.5 Å². The molecular weight excluding hydrogens is 244 g/mol. The zero-order valence-corrected chi connectivity index (χ0v) is 14.3. The van der Waals surface area contributed by atoms with Gasteiger partial charge in [-0.2, -0.15) is 0 Å².